The number of nitrogens with zero attached hydrogens (tertiary/aromatic N) is 1. The van der Waals surface area contributed by atoms with Crippen LogP contribution in [0.2, 0.25) is 0 Å². The summed E-state index contributed by atoms with van der Waals surface area (Å²) < 4.78 is 7.65. The standard InChI is InChI=1S/C17H24N2O/c1-12-16(10-13-6-8-18-9-7-13)15-5-4-14(20-3)11-17(15)19(12)2/h4-5,11,13,18H,6-10H2,1-3H3. The third kappa shape index (κ3) is 2.31. The summed E-state index contributed by atoms with van der Waals surface area (Å²) in [5.74, 6) is 1.76. The van der Waals surface area contributed by atoms with Gasteiger partial charge in [-0.05, 0) is 62.9 Å². The fourth-order valence-corrected chi connectivity index (χ4v) is 3.38. The Balaban J connectivity index is 1.99. The number of aryl methyl sites for hydroxylation is 1. The molecule has 3 heteroatoms. The normalized spacial score (nSPS) is 16.8. The Morgan fingerprint density at radius 1 is 1.30 bits per heavy atom. The average molecular weight is 272 g/mol. The molecular formula is C17H24N2O. The highest BCUT2D eigenvalue weighted by molar-refractivity contribution is 5.86. The van der Waals surface area contributed by atoms with Crippen LogP contribution in [0.15, 0.2) is 18.2 Å². The molecule has 0 radical (unpaired) electrons. The first kappa shape index (κ1) is 13.5. The van der Waals surface area contributed by atoms with Crippen LogP contribution in [0.25, 0.3) is 10.9 Å². The maximum Gasteiger partial charge on any atom is 0.120 e. The smallest absolute Gasteiger partial charge is 0.120 e. The Labute approximate surface area is 120 Å². The van der Waals surface area contributed by atoms with E-state index in [2.05, 4.69) is 42.1 Å². The molecule has 1 aromatic heterocycles. The van der Waals surface area contributed by atoms with E-state index in [-0.39, 0.29) is 0 Å². The quantitative estimate of drug-likeness (QED) is 0.929. The lowest BCUT2D eigenvalue weighted by atomic mass is 9.90. The molecule has 0 bridgehead atoms. The molecule has 2 aromatic rings. The van der Waals surface area contributed by atoms with Crippen molar-refractivity contribution >= 4 is 10.9 Å². The number of fused-ring (bicyclic) bond motifs is 1. The number of methoxy groups -OCH3 is 1. The van der Waals surface area contributed by atoms with Gasteiger partial charge in [0.2, 0.25) is 0 Å². The third-order valence-electron chi connectivity index (χ3n) is 4.78. The van der Waals surface area contributed by atoms with Crippen LogP contribution in [0.1, 0.15) is 24.1 Å². The number of piperidine rings is 1. The molecular weight excluding hydrogens is 248 g/mol. The Kier molecular flexibility index (Phi) is 3.70. The van der Waals surface area contributed by atoms with E-state index in [1.807, 2.05) is 0 Å². The van der Waals surface area contributed by atoms with E-state index < -0.39 is 0 Å². The summed E-state index contributed by atoms with van der Waals surface area (Å²) in [4.78, 5) is 0. The van der Waals surface area contributed by atoms with Crippen LogP contribution in [0.4, 0.5) is 0 Å². The number of benzene rings is 1. The van der Waals surface area contributed by atoms with Crippen molar-refractivity contribution in [2.24, 2.45) is 13.0 Å². The van der Waals surface area contributed by atoms with E-state index in [4.69, 9.17) is 4.74 Å². The Morgan fingerprint density at radius 2 is 2.05 bits per heavy atom. The second-order valence-corrected chi connectivity index (χ2v) is 5.90. The molecule has 0 saturated carbocycles. The fourth-order valence-electron chi connectivity index (χ4n) is 3.38. The molecule has 1 fully saturated rings. The molecule has 0 amide bonds. The van der Waals surface area contributed by atoms with Gasteiger partial charge in [0.05, 0.1) is 12.6 Å². The fraction of sp³-hybridized carbons (Fsp3) is 0.529. The molecule has 0 unspecified atom stereocenters. The summed E-state index contributed by atoms with van der Waals surface area (Å²) >= 11 is 0. The second kappa shape index (κ2) is 5.49. The summed E-state index contributed by atoms with van der Waals surface area (Å²) in [6.45, 7) is 4.58. The summed E-state index contributed by atoms with van der Waals surface area (Å²) in [6.07, 6.45) is 3.80. The SMILES string of the molecule is COc1ccc2c(CC3CCNCC3)c(C)n(C)c2c1. The summed E-state index contributed by atoms with van der Waals surface area (Å²) in [7, 11) is 3.88. The minimum absolute atomic E-state index is 0.822. The van der Waals surface area contributed by atoms with Crippen molar-refractivity contribution in [1.82, 2.24) is 9.88 Å². The van der Waals surface area contributed by atoms with Gasteiger partial charge in [0.1, 0.15) is 5.75 Å². The number of ether oxygens (including phenoxy) is 1. The van der Waals surface area contributed by atoms with Crippen molar-refractivity contribution in [3.8, 4) is 5.75 Å². The summed E-state index contributed by atoms with van der Waals surface area (Å²) in [6, 6.07) is 6.44. The molecule has 1 N–H and O–H groups in total. The lowest BCUT2D eigenvalue weighted by Gasteiger charge is -2.22. The molecule has 0 aliphatic carbocycles. The average Bonchev–Trinajstić information content (AvgIpc) is 2.73. The van der Waals surface area contributed by atoms with Crippen LogP contribution < -0.4 is 10.1 Å². The number of hydrogen-bond donors (Lipinski definition) is 1. The van der Waals surface area contributed by atoms with E-state index >= 15 is 0 Å². The first-order valence-corrected chi connectivity index (χ1v) is 7.53. The van der Waals surface area contributed by atoms with Crippen molar-refractivity contribution in [1.29, 1.82) is 0 Å². The summed E-state index contributed by atoms with van der Waals surface area (Å²) in [5, 5.41) is 4.84. The highest BCUT2D eigenvalue weighted by atomic mass is 16.5. The largest absolute Gasteiger partial charge is 0.497 e. The van der Waals surface area contributed by atoms with Gasteiger partial charge in [0.25, 0.3) is 0 Å². The highest BCUT2D eigenvalue weighted by Crippen LogP contribution is 2.31. The number of aromatic nitrogens is 1. The van der Waals surface area contributed by atoms with Gasteiger partial charge in [-0.2, -0.15) is 0 Å². The molecule has 0 atom stereocenters. The number of rotatable bonds is 3. The lowest BCUT2D eigenvalue weighted by Crippen LogP contribution is -2.28. The van der Waals surface area contributed by atoms with E-state index in [9.17, 15) is 0 Å². The molecule has 20 heavy (non-hydrogen) atoms. The monoisotopic (exact) mass is 272 g/mol. The second-order valence-electron chi connectivity index (χ2n) is 5.90. The van der Waals surface area contributed by atoms with E-state index in [0.717, 1.165) is 11.7 Å². The van der Waals surface area contributed by atoms with Gasteiger partial charge in [0, 0.05) is 24.2 Å². The maximum absolute atomic E-state index is 5.35. The Hall–Kier alpha value is -1.48. The van der Waals surface area contributed by atoms with Crippen molar-refractivity contribution < 1.29 is 4.74 Å². The van der Waals surface area contributed by atoms with Crippen molar-refractivity contribution in [2.45, 2.75) is 26.2 Å². The molecule has 3 nitrogen and oxygen atoms in total. The molecule has 0 spiro atoms. The third-order valence-corrected chi connectivity index (χ3v) is 4.78. The lowest BCUT2D eigenvalue weighted by molar-refractivity contribution is 0.373. The molecule has 1 aliphatic rings. The first-order valence-electron chi connectivity index (χ1n) is 7.53. The van der Waals surface area contributed by atoms with Crippen molar-refractivity contribution in [3.63, 3.8) is 0 Å². The summed E-state index contributed by atoms with van der Waals surface area (Å²) in [5.41, 5.74) is 4.20. The molecule has 1 saturated heterocycles. The van der Waals surface area contributed by atoms with Gasteiger partial charge in [-0.15, -0.1) is 0 Å². The zero-order valence-electron chi connectivity index (χ0n) is 12.7. The number of hydrogen-bond acceptors (Lipinski definition) is 2. The zero-order chi connectivity index (χ0) is 14.1. The zero-order valence-corrected chi connectivity index (χ0v) is 12.7. The maximum atomic E-state index is 5.35. The van der Waals surface area contributed by atoms with Crippen LogP contribution in [0.5, 0.6) is 5.75 Å². The van der Waals surface area contributed by atoms with Gasteiger partial charge in [-0.25, -0.2) is 0 Å². The molecule has 1 aliphatic heterocycles. The molecule has 3 rings (SSSR count). The van der Waals surface area contributed by atoms with Gasteiger partial charge in [-0.1, -0.05) is 0 Å². The topological polar surface area (TPSA) is 26.2 Å². The van der Waals surface area contributed by atoms with E-state index in [1.165, 1.54) is 54.5 Å². The van der Waals surface area contributed by atoms with E-state index in [0.29, 0.717) is 0 Å². The van der Waals surface area contributed by atoms with E-state index in [1.54, 1.807) is 7.11 Å². The van der Waals surface area contributed by atoms with Gasteiger partial charge >= 0.3 is 0 Å². The van der Waals surface area contributed by atoms with Crippen LogP contribution in [0, 0.1) is 12.8 Å². The predicted molar refractivity (Wildman–Crippen MR) is 83.5 cm³/mol. The van der Waals surface area contributed by atoms with Crippen molar-refractivity contribution in [2.75, 3.05) is 20.2 Å². The van der Waals surface area contributed by atoms with Gasteiger partial charge < -0.3 is 14.6 Å². The van der Waals surface area contributed by atoms with Crippen LogP contribution >= 0.6 is 0 Å². The Morgan fingerprint density at radius 3 is 2.75 bits per heavy atom. The highest BCUT2D eigenvalue weighted by Gasteiger charge is 2.19. The molecule has 1 aromatic carbocycles. The molecule has 108 valence electrons. The van der Waals surface area contributed by atoms with Crippen LogP contribution in [-0.2, 0) is 13.5 Å². The van der Waals surface area contributed by atoms with Crippen molar-refractivity contribution in [3.05, 3.63) is 29.5 Å². The first-order chi connectivity index (χ1) is 9.70. The van der Waals surface area contributed by atoms with Crippen LogP contribution in [-0.4, -0.2) is 24.8 Å². The minimum Gasteiger partial charge on any atom is -0.497 e. The van der Waals surface area contributed by atoms with Gasteiger partial charge in [-0.3, -0.25) is 0 Å². The predicted octanol–water partition coefficient (Wildman–Crippen LogP) is 3.04. The molecule has 2 heterocycles. The minimum atomic E-state index is 0.822. The number of nitrogens with one attached hydrogen (secondary N) is 1. The Bertz CT molecular complexity index is 609. The van der Waals surface area contributed by atoms with Gasteiger partial charge in [0.15, 0.2) is 0 Å². The van der Waals surface area contributed by atoms with Crippen LogP contribution in [0.3, 0.4) is 0 Å².